The molecule has 0 bridgehead atoms. The van der Waals surface area contributed by atoms with Crippen LogP contribution in [0.25, 0.3) is 0 Å². The zero-order valence-electron chi connectivity index (χ0n) is 15.2. The van der Waals surface area contributed by atoms with Gasteiger partial charge >= 0.3 is 6.61 Å². The maximum Gasteiger partial charge on any atom is 0.387 e. The third-order valence-corrected chi connectivity index (χ3v) is 4.30. The van der Waals surface area contributed by atoms with Crippen LogP contribution in [0, 0.1) is 5.92 Å². The average molecular weight is 390 g/mol. The van der Waals surface area contributed by atoms with Crippen molar-refractivity contribution in [3.05, 3.63) is 48.5 Å². The van der Waals surface area contributed by atoms with Crippen LogP contribution in [0.1, 0.15) is 13.3 Å². The fourth-order valence-electron chi connectivity index (χ4n) is 3.04. The summed E-state index contributed by atoms with van der Waals surface area (Å²) in [6.45, 7) is -0.345. The van der Waals surface area contributed by atoms with Gasteiger partial charge in [0.15, 0.2) is 0 Å². The van der Waals surface area contributed by atoms with Crippen molar-refractivity contribution in [1.29, 1.82) is 0 Å². The van der Waals surface area contributed by atoms with Gasteiger partial charge in [-0.1, -0.05) is 12.1 Å². The Balaban J connectivity index is 1.65. The maximum absolute atomic E-state index is 12.5. The van der Waals surface area contributed by atoms with Gasteiger partial charge in [0.1, 0.15) is 11.5 Å². The summed E-state index contributed by atoms with van der Waals surface area (Å²) in [4.78, 5) is 26.5. The van der Waals surface area contributed by atoms with Crippen LogP contribution < -0.4 is 19.7 Å². The Kier molecular flexibility index (Phi) is 6.08. The summed E-state index contributed by atoms with van der Waals surface area (Å²) < 4.78 is 34.2. The number of amides is 2. The highest BCUT2D eigenvalue weighted by Gasteiger charge is 2.36. The third kappa shape index (κ3) is 4.57. The fourth-order valence-corrected chi connectivity index (χ4v) is 3.04. The van der Waals surface area contributed by atoms with Gasteiger partial charge in [-0.25, -0.2) is 0 Å². The molecule has 1 aliphatic rings. The minimum Gasteiger partial charge on any atom is -0.492 e. The molecule has 0 aliphatic carbocycles. The van der Waals surface area contributed by atoms with Crippen LogP contribution in [0.2, 0.25) is 0 Å². The number of rotatable bonds is 7. The molecule has 1 fully saturated rings. The van der Waals surface area contributed by atoms with E-state index in [1.807, 2.05) is 19.1 Å². The van der Waals surface area contributed by atoms with Gasteiger partial charge in [-0.15, -0.1) is 0 Å². The molecule has 2 aromatic carbocycles. The SMILES string of the molecule is CCOc1ccccc1N1C[C@@H](C(=O)Nc2ccc(OC(F)F)cc2)CC1=O. The first-order valence-electron chi connectivity index (χ1n) is 8.86. The summed E-state index contributed by atoms with van der Waals surface area (Å²) in [5.74, 6) is -0.406. The highest BCUT2D eigenvalue weighted by atomic mass is 19.3. The Morgan fingerprint density at radius 2 is 1.93 bits per heavy atom. The lowest BCUT2D eigenvalue weighted by Crippen LogP contribution is -2.28. The quantitative estimate of drug-likeness (QED) is 0.783. The first-order chi connectivity index (χ1) is 13.5. The number of carbonyl (C=O) groups excluding carboxylic acids is 2. The number of hydrogen-bond acceptors (Lipinski definition) is 4. The molecule has 1 aliphatic heterocycles. The van der Waals surface area contributed by atoms with Crippen molar-refractivity contribution < 1.29 is 27.8 Å². The summed E-state index contributed by atoms with van der Waals surface area (Å²) >= 11 is 0. The Bertz CT molecular complexity index is 842. The predicted octanol–water partition coefficient (Wildman–Crippen LogP) is 3.68. The molecule has 1 saturated heterocycles. The number of carbonyl (C=O) groups is 2. The number of ether oxygens (including phenoxy) is 2. The van der Waals surface area contributed by atoms with Gasteiger partial charge in [-0.3, -0.25) is 9.59 Å². The Morgan fingerprint density at radius 3 is 2.61 bits per heavy atom. The second-order valence-electron chi connectivity index (χ2n) is 6.20. The molecule has 0 radical (unpaired) electrons. The van der Waals surface area contributed by atoms with Gasteiger partial charge in [-0.05, 0) is 43.3 Å². The highest BCUT2D eigenvalue weighted by Crippen LogP contribution is 2.33. The molecule has 0 aromatic heterocycles. The molecule has 28 heavy (non-hydrogen) atoms. The van der Waals surface area contributed by atoms with E-state index in [0.717, 1.165) is 0 Å². The van der Waals surface area contributed by atoms with Gasteiger partial charge in [0.2, 0.25) is 11.8 Å². The smallest absolute Gasteiger partial charge is 0.387 e. The van der Waals surface area contributed by atoms with E-state index < -0.39 is 12.5 Å². The van der Waals surface area contributed by atoms with E-state index in [0.29, 0.717) is 23.7 Å². The number of nitrogens with zero attached hydrogens (tertiary/aromatic N) is 1. The van der Waals surface area contributed by atoms with E-state index in [9.17, 15) is 18.4 Å². The molecule has 1 heterocycles. The molecule has 148 valence electrons. The number of anilines is 2. The summed E-state index contributed by atoms with van der Waals surface area (Å²) in [6.07, 6.45) is 0.0822. The molecule has 2 amide bonds. The number of alkyl halides is 2. The van der Waals surface area contributed by atoms with Crippen molar-refractivity contribution in [1.82, 2.24) is 0 Å². The van der Waals surface area contributed by atoms with E-state index in [-0.39, 0.29) is 30.5 Å². The lowest BCUT2D eigenvalue weighted by atomic mass is 10.1. The number of para-hydroxylation sites is 2. The molecule has 8 heteroatoms. The van der Waals surface area contributed by atoms with Crippen LogP contribution >= 0.6 is 0 Å². The molecule has 1 N–H and O–H groups in total. The number of benzene rings is 2. The Labute approximate surface area is 161 Å². The molecule has 6 nitrogen and oxygen atoms in total. The van der Waals surface area contributed by atoms with E-state index >= 15 is 0 Å². The number of hydrogen-bond donors (Lipinski definition) is 1. The minimum absolute atomic E-state index is 0.00255. The van der Waals surface area contributed by atoms with Crippen LogP contribution in [0.5, 0.6) is 11.5 Å². The van der Waals surface area contributed by atoms with Crippen molar-refractivity contribution in [3.8, 4) is 11.5 Å². The third-order valence-electron chi connectivity index (χ3n) is 4.30. The van der Waals surface area contributed by atoms with Gasteiger partial charge in [0.25, 0.3) is 0 Å². The first kappa shape index (κ1) is 19.6. The molecule has 2 aromatic rings. The Hall–Kier alpha value is -3.16. The van der Waals surface area contributed by atoms with Gasteiger partial charge in [0, 0.05) is 18.7 Å². The molecular formula is C20H20F2N2O4. The van der Waals surface area contributed by atoms with Crippen LogP contribution in [-0.4, -0.2) is 31.6 Å². The monoisotopic (exact) mass is 390 g/mol. The first-order valence-corrected chi connectivity index (χ1v) is 8.86. The van der Waals surface area contributed by atoms with E-state index in [4.69, 9.17) is 4.74 Å². The van der Waals surface area contributed by atoms with Crippen molar-refractivity contribution in [2.45, 2.75) is 20.0 Å². The zero-order valence-corrected chi connectivity index (χ0v) is 15.2. The van der Waals surface area contributed by atoms with Crippen LogP contribution in [0.3, 0.4) is 0 Å². The minimum atomic E-state index is -2.91. The summed E-state index contributed by atoms with van der Waals surface area (Å²) in [5.41, 5.74) is 1.07. The van der Waals surface area contributed by atoms with Crippen molar-refractivity contribution in [2.75, 3.05) is 23.4 Å². The summed E-state index contributed by atoms with van der Waals surface area (Å²) in [7, 11) is 0. The number of halogens is 2. The molecular weight excluding hydrogens is 370 g/mol. The summed E-state index contributed by atoms with van der Waals surface area (Å²) in [5, 5.41) is 2.70. The second kappa shape index (κ2) is 8.69. The van der Waals surface area contributed by atoms with Gasteiger partial charge in [-0.2, -0.15) is 8.78 Å². The largest absolute Gasteiger partial charge is 0.492 e. The summed E-state index contributed by atoms with van der Waals surface area (Å²) in [6, 6.07) is 12.8. The van der Waals surface area contributed by atoms with Crippen LogP contribution in [0.15, 0.2) is 48.5 Å². The van der Waals surface area contributed by atoms with Crippen molar-refractivity contribution >= 4 is 23.2 Å². The van der Waals surface area contributed by atoms with Gasteiger partial charge in [0.05, 0.1) is 18.2 Å². The normalized spacial score (nSPS) is 16.4. The highest BCUT2D eigenvalue weighted by molar-refractivity contribution is 6.04. The lowest BCUT2D eigenvalue weighted by Gasteiger charge is -2.20. The van der Waals surface area contributed by atoms with Gasteiger partial charge < -0.3 is 19.7 Å². The van der Waals surface area contributed by atoms with Crippen LogP contribution in [0.4, 0.5) is 20.2 Å². The molecule has 1 atom stereocenters. The predicted molar refractivity (Wildman–Crippen MR) is 99.8 cm³/mol. The molecule has 0 unspecified atom stereocenters. The molecule has 0 saturated carbocycles. The topological polar surface area (TPSA) is 67.9 Å². The Morgan fingerprint density at radius 1 is 1.21 bits per heavy atom. The van der Waals surface area contributed by atoms with Crippen molar-refractivity contribution in [3.63, 3.8) is 0 Å². The van der Waals surface area contributed by atoms with E-state index in [2.05, 4.69) is 10.1 Å². The zero-order chi connectivity index (χ0) is 20.1. The van der Waals surface area contributed by atoms with Crippen molar-refractivity contribution in [2.24, 2.45) is 5.92 Å². The number of nitrogens with one attached hydrogen (secondary N) is 1. The average Bonchev–Trinajstić information content (AvgIpc) is 3.05. The molecule has 3 rings (SSSR count). The standard InChI is InChI=1S/C20H20F2N2O4/c1-2-27-17-6-4-3-5-16(17)24-12-13(11-18(24)25)19(26)23-14-7-9-15(10-8-14)28-20(21)22/h3-10,13,20H,2,11-12H2,1H3,(H,23,26)/t13-/m0/s1. The van der Waals surface area contributed by atoms with Crippen LogP contribution in [-0.2, 0) is 9.59 Å². The maximum atomic E-state index is 12.5. The van der Waals surface area contributed by atoms with E-state index in [1.54, 1.807) is 17.0 Å². The molecule has 0 spiro atoms. The fraction of sp³-hybridized carbons (Fsp3) is 0.300. The lowest BCUT2D eigenvalue weighted by molar-refractivity contribution is -0.122. The van der Waals surface area contributed by atoms with E-state index in [1.165, 1.54) is 24.3 Å². The second-order valence-corrected chi connectivity index (χ2v) is 6.20.